The van der Waals surface area contributed by atoms with Crippen molar-refractivity contribution in [2.45, 2.75) is 19.8 Å². The van der Waals surface area contributed by atoms with Gasteiger partial charge in [0, 0.05) is 18.1 Å². The molecule has 0 bridgehead atoms. The number of anilines is 1. The van der Waals surface area contributed by atoms with Crippen LogP contribution in [0, 0.1) is 5.92 Å². The number of piperidine rings is 1. The molecule has 150 valence electrons. The van der Waals surface area contributed by atoms with E-state index in [1.54, 1.807) is 55.6 Å². The van der Waals surface area contributed by atoms with E-state index in [-0.39, 0.29) is 11.8 Å². The second-order valence-corrected chi connectivity index (χ2v) is 8.00. The third kappa shape index (κ3) is 3.62. The van der Waals surface area contributed by atoms with Gasteiger partial charge < -0.3 is 9.64 Å². The number of amides is 2. The van der Waals surface area contributed by atoms with Crippen LogP contribution in [-0.4, -0.2) is 36.9 Å². The van der Waals surface area contributed by atoms with Crippen molar-refractivity contribution in [2.75, 3.05) is 25.1 Å². The van der Waals surface area contributed by atoms with E-state index in [4.69, 9.17) is 16.3 Å². The molecule has 1 atom stereocenters. The van der Waals surface area contributed by atoms with Crippen LogP contribution in [-0.2, 0) is 9.59 Å². The Morgan fingerprint density at radius 3 is 2.31 bits per heavy atom. The van der Waals surface area contributed by atoms with Gasteiger partial charge in [-0.1, -0.05) is 30.7 Å². The van der Waals surface area contributed by atoms with E-state index in [2.05, 4.69) is 11.8 Å². The van der Waals surface area contributed by atoms with E-state index >= 15 is 0 Å². The molecular formula is C23H23ClN2O3. The number of halogens is 1. The monoisotopic (exact) mass is 410 g/mol. The van der Waals surface area contributed by atoms with E-state index in [0.29, 0.717) is 39.2 Å². The maximum atomic E-state index is 13.5. The first kappa shape index (κ1) is 19.5. The highest BCUT2D eigenvalue weighted by atomic mass is 35.5. The third-order valence-electron chi connectivity index (χ3n) is 5.50. The fraction of sp³-hybridized carbons (Fsp3) is 0.304. The van der Waals surface area contributed by atoms with Crippen LogP contribution in [0.2, 0.25) is 5.02 Å². The summed E-state index contributed by atoms with van der Waals surface area (Å²) in [5.74, 6) is 0.555. The van der Waals surface area contributed by atoms with E-state index in [9.17, 15) is 9.59 Å². The Balaban J connectivity index is 1.79. The van der Waals surface area contributed by atoms with E-state index in [1.165, 1.54) is 4.90 Å². The number of methoxy groups -OCH3 is 1. The largest absolute Gasteiger partial charge is 0.497 e. The molecule has 2 aliphatic rings. The summed E-state index contributed by atoms with van der Waals surface area (Å²) >= 11 is 6.04. The number of benzene rings is 2. The molecule has 6 heteroatoms. The smallest absolute Gasteiger partial charge is 0.282 e. The van der Waals surface area contributed by atoms with Crippen LogP contribution in [0.15, 0.2) is 54.2 Å². The SMILES string of the molecule is COc1ccc(N2C(=O)C(c3ccc(Cl)cc3)=C(N3CCCC(C)C3)C2=O)cc1. The number of carbonyl (C=O) groups is 2. The average molecular weight is 411 g/mol. The zero-order valence-electron chi connectivity index (χ0n) is 16.5. The van der Waals surface area contributed by atoms with Crippen molar-refractivity contribution in [3.05, 3.63) is 64.8 Å². The van der Waals surface area contributed by atoms with Gasteiger partial charge in [-0.25, -0.2) is 4.90 Å². The second-order valence-electron chi connectivity index (χ2n) is 7.57. The van der Waals surface area contributed by atoms with Crippen molar-refractivity contribution in [2.24, 2.45) is 5.92 Å². The van der Waals surface area contributed by atoms with Gasteiger partial charge in [-0.3, -0.25) is 9.59 Å². The standard InChI is InChI=1S/C23H23ClN2O3/c1-15-4-3-13-25(14-15)21-20(16-5-7-17(24)8-6-16)22(27)26(23(21)28)18-9-11-19(29-2)12-10-18/h5-12,15H,3-4,13-14H2,1-2H3. The van der Waals surface area contributed by atoms with Gasteiger partial charge in [0.15, 0.2) is 0 Å². The second kappa shape index (κ2) is 7.91. The predicted octanol–water partition coefficient (Wildman–Crippen LogP) is 4.37. The number of ether oxygens (including phenoxy) is 1. The molecule has 2 aromatic rings. The molecule has 2 aliphatic heterocycles. The molecule has 29 heavy (non-hydrogen) atoms. The fourth-order valence-corrected chi connectivity index (χ4v) is 4.17. The lowest BCUT2D eigenvalue weighted by molar-refractivity contribution is -0.120. The highest BCUT2D eigenvalue weighted by Gasteiger charge is 2.43. The molecule has 0 radical (unpaired) electrons. The Labute approximate surface area is 175 Å². The molecule has 5 nitrogen and oxygen atoms in total. The molecule has 4 rings (SSSR count). The van der Waals surface area contributed by atoms with Gasteiger partial charge in [0.2, 0.25) is 0 Å². The van der Waals surface area contributed by atoms with Gasteiger partial charge >= 0.3 is 0 Å². The lowest BCUT2D eigenvalue weighted by atomic mass is 9.98. The summed E-state index contributed by atoms with van der Waals surface area (Å²) in [5.41, 5.74) is 2.17. The summed E-state index contributed by atoms with van der Waals surface area (Å²) in [6, 6.07) is 14.0. The van der Waals surface area contributed by atoms with Crippen LogP contribution in [0.5, 0.6) is 5.75 Å². The molecule has 1 saturated heterocycles. The van der Waals surface area contributed by atoms with Gasteiger partial charge in [-0.15, -0.1) is 0 Å². The van der Waals surface area contributed by atoms with Crippen molar-refractivity contribution in [1.29, 1.82) is 0 Å². The zero-order valence-corrected chi connectivity index (χ0v) is 17.3. The van der Waals surface area contributed by atoms with Crippen molar-refractivity contribution >= 4 is 34.7 Å². The average Bonchev–Trinajstić information content (AvgIpc) is 2.99. The Morgan fingerprint density at radius 2 is 1.69 bits per heavy atom. The van der Waals surface area contributed by atoms with E-state index < -0.39 is 0 Å². The van der Waals surface area contributed by atoms with Gasteiger partial charge in [0.05, 0.1) is 18.4 Å². The summed E-state index contributed by atoms with van der Waals surface area (Å²) < 4.78 is 5.20. The fourth-order valence-electron chi connectivity index (χ4n) is 4.05. The molecule has 1 fully saturated rings. The molecule has 2 amide bonds. The molecule has 1 unspecified atom stereocenters. The van der Waals surface area contributed by atoms with Crippen LogP contribution < -0.4 is 9.64 Å². The molecule has 0 aromatic heterocycles. The summed E-state index contributed by atoms with van der Waals surface area (Å²) in [6.07, 6.45) is 2.13. The summed E-state index contributed by atoms with van der Waals surface area (Å²) in [4.78, 5) is 30.3. The van der Waals surface area contributed by atoms with Crippen LogP contribution in [0.1, 0.15) is 25.3 Å². The number of imide groups is 1. The number of rotatable bonds is 4. The maximum absolute atomic E-state index is 13.5. The van der Waals surface area contributed by atoms with E-state index in [1.807, 2.05) is 0 Å². The topological polar surface area (TPSA) is 49.9 Å². The maximum Gasteiger partial charge on any atom is 0.282 e. The third-order valence-corrected chi connectivity index (χ3v) is 5.75. The van der Waals surface area contributed by atoms with Crippen LogP contribution in [0.4, 0.5) is 5.69 Å². The van der Waals surface area contributed by atoms with Gasteiger partial charge in [0.1, 0.15) is 11.4 Å². The number of hydrogen-bond donors (Lipinski definition) is 0. The van der Waals surface area contributed by atoms with E-state index in [0.717, 1.165) is 25.9 Å². The van der Waals surface area contributed by atoms with Gasteiger partial charge in [-0.2, -0.15) is 0 Å². The minimum Gasteiger partial charge on any atom is -0.497 e. The number of carbonyl (C=O) groups excluding carboxylic acids is 2. The number of nitrogens with zero attached hydrogens (tertiary/aromatic N) is 2. The highest BCUT2D eigenvalue weighted by molar-refractivity contribution is 6.45. The molecular weight excluding hydrogens is 388 g/mol. The van der Waals surface area contributed by atoms with Crippen LogP contribution in [0.3, 0.4) is 0 Å². The van der Waals surface area contributed by atoms with Crippen molar-refractivity contribution < 1.29 is 14.3 Å². The Morgan fingerprint density at radius 1 is 1.00 bits per heavy atom. The molecule has 0 aliphatic carbocycles. The van der Waals surface area contributed by atoms with Crippen molar-refractivity contribution in [3.63, 3.8) is 0 Å². The number of hydrogen-bond acceptors (Lipinski definition) is 4. The molecule has 0 spiro atoms. The highest BCUT2D eigenvalue weighted by Crippen LogP contribution is 2.37. The van der Waals surface area contributed by atoms with Gasteiger partial charge in [-0.05, 0) is 60.7 Å². The summed E-state index contributed by atoms with van der Waals surface area (Å²) in [6.45, 7) is 3.71. The molecule has 2 aromatic carbocycles. The first-order valence-electron chi connectivity index (χ1n) is 9.77. The zero-order chi connectivity index (χ0) is 20.5. The minimum absolute atomic E-state index is 0.279. The lowest BCUT2D eigenvalue weighted by Crippen LogP contribution is -2.39. The van der Waals surface area contributed by atoms with Crippen molar-refractivity contribution in [3.8, 4) is 5.75 Å². The quantitative estimate of drug-likeness (QED) is 0.702. The van der Waals surface area contributed by atoms with Crippen LogP contribution in [0.25, 0.3) is 5.57 Å². The normalized spacial score (nSPS) is 19.9. The lowest BCUT2D eigenvalue weighted by Gasteiger charge is -2.33. The first-order valence-corrected chi connectivity index (χ1v) is 10.2. The number of likely N-dealkylation sites (tertiary alicyclic amines) is 1. The summed E-state index contributed by atoms with van der Waals surface area (Å²) in [5, 5.41) is 0.589. The minimum atomic E-state index is -0.310. The Kier molecular flexibility index (Phi) is 5.33. The molecule has 2 heterocycles. The first-order chi connectivity index (χ1) is 14.0. The van der Waals surface area contributed by atoms with Crippen LogP contribution >= 0.6 is 11.6 Å². The summed E-state index contributed by atoms with van der Waals surface area (Å²) in [7, 11) is 1.58. The molecule has 0 saturated carbocycles. The van der Waals surface area contributed by atoms with Gasteiger partial charge in [0.25, 0.3) is 11.8 Å². The molecule has 0 N–H and O–H groups in total. The van der Waals surface area contributed by atoms with Crippen molar-refractivity contribution in [1.82, 2.24) is 4.90 Å². The Hall–Kier alpha value is -2.79. The Bertz CT molecular complexity index is 967. The predicted molar refractivity (Wildman–Crippen MR) is 114 cm³/mol.